The Bertz CT molecular complexity index is 1370. The zero-order valence-corrected chi connectivity index (χ0v) is 24.8. The third kappa shape index (κ3) is 5.97. The Morgan fingerprint density at radius 2 is 2.15 bits per heavy atom. The van der Waals surface area contributed by atoms with Crippen LogP contribution in [0.5, 0.6) is 0 Å². The Kier molecular flexibility index (Phi) is 9.21. The van der Waals surface area contributed by atoms with Gasteiger partial charge in [0.25, 0.3) is 11.8 Å². The van der Waals surface area contributed by atoms with Crippen molar-refractivity contribution in [2.24, 2.45) is 5.18 Å². The van der Waals surface area contributed by atoms with Crippen molar-refractivity contribution in [3.63, 3.8) is 0 Å². The van der Waals surface area contributed by atoms with Crippen molar-refractivity contribution in [2.75, 3.05) is 24.6 Å². The minimum absolute atomic E-state index is 0.0493. The molecule has 5 rings (SSSR count). The number of amides is 2. The quantitative estimate of drug-likeness (QED) is 0.220. The molecule has 1 unspecified atom stereocenters. The number of carbonyl (C=O) groups is 3. The number of carbonyl (C=O) groups excluding carboxylic acids is 2. The van der Waals surface area contributed by atoms with Gasteiger partial charge in [0.15, 0.2) is 5.13 Å². The number of halogens is 1. The molecule has 0 radical (unpaired) electrons. The summed E-state index contributed by atoms with van der Waals surface area (Å²) in [5.74, 6) is -1.62. The lowest BCUT2D eigenvalue weighted by molar-refractivity contribution is -0.150. The first-order valence-corrected chi connectivity index (χ1v) is 16.3. The van der Waals surface area contributed by atoms with Crippen molar-refractivity contribution >= 4 is 81.1 Å². The van der Waals surface area contributed by atoms with Gasteiger partial charge in [-0.2, -0.15) is 11.8 Å². The first kappa shape index (κ1) is 29.1. The van der Waals surface area contributed by atoms with Gasteiger partial charge in [0, 0.05) is 38.9 Å². The molecule has 0 aromatic carbocycles. The predicted octanol–water partition coefficient (Wildman–Crippen LogP) is 3.05. The highest BCUT2D eigenvalue weighted by atomic mass is 35.5. The van der Waals surface area contributed by atoms with Crippen LogP contribution in [-0.4, -0.2) is 73.3 Å². The van der Waals surface area contributed by atoms with Gasteiger partial charge in [-0.3, -0.25) is 19.5 Å². The van der Waals surface area contributed by atoms with E-state index >= 15 is 0 Å². The van der Waals surface area contributed by atoms with E-state index in [1.807, 2.05) is 17.8 Å². The Morgan fingerprint density at radius 3 is 2.83 bits per heavy atom. The Balaban J connectivity index is 1.30. The van der Waals surface area contributed by atoms with Crippen molar-refractivity contribution in [2.45, 2.75) is 46.2 Å². The number of carboxylic acid groups (broad SMARTS) is 1. The molecule has 3 aliphatic heterocycles. The molecule has 17 heteroatoms. The van der Waals surface area contributed by atoms with Crippen molar-refractivity contribution in [1.82, 2.24) is 25.5 Å². The zero-order chi connectivity index (χ0) is 28.4. The van der Waals surface area contributed by atoms with Crippen LogP contribution in [-0.2, 0) is 20.1 Å². The zero-order valence-electron chi connectivity index (χ0n) is 20.7. The maximum absolute atomic E-state index is 13.1. The Morgan fingerprint density at radius 1 is 1.38 bits per heavy atom. The topological polar surface area (TPSA) is 180 Å². The molecular weight excluding hydrogens is 618 g/mol. The van der Waals surface area contributed by atoms with E-state index in [4.69, 9.17) is 17.3 Å². The molecule has 3 aliphatic rings. The number of thioether (sulfide) groups is 3. The number of hydrogen-bond donors (Lipinski definition) is 4. The molecule has 2 aromatic heterocycles. The maximum atomic E-state index is 13.1. The van der Waals surface area contributed by atoms with Crippen LogP contribution in [0.25, 0.3) is 0 Å². The number of carboxylic acids is 1. The fraction of sp³-hybridized carbons (Fsp3) is 0.435. The number of nitroso groups, excluding NO2 is 1. The van der Waals surface area contributed by atoms with Crippen LogP contribution in [0.15, 0.2) is 39.1 Å². The standard InChI is InChI=1S/C23H24ClN7O5S4/c24-18-14(29-23(25)40-18)15(30-36)19(32)28-16-20(33)31-17(22(34)35)13(9-38-21(16)31)39-12-3-6-27-7-10(12)8-37-11-1-4-26-5-2-11/h3,6-7,11,15-16,21,26H,1-2,4-5,8-9H2,(H2,25,29)(H,28,32)(H,34,35)/t15?,16-,21+/m1/s1. The lowest BCUT2D eigenvalue weighted by Crippen LogP contribution is -2.70. The Hall–Kier alpha value is -2.37. The molecule has 12 nitrogen and oxygen atoms in total. The summed E-state index contributed by atoms with van der Waals surface area (Å²) in [4.78, 5) is 60.5. The number of thiazole rings is 1. The lowest BCUT2D eigenvalue weighted by Gasteiger charge is -2.49. The van der Waals surface area contributed by atoms with E-state index in [1.165, 1.54) is 28.4 Å². The fourth-order valence-electron chi connectivity index (χ4n) is 4.55. The Labute approximate surface area is 250 Å². The van der Waals surface area contributed by atoms with Crippen LogP contribution in [0.2, 0.25) is 4.34 Å². The molecular formula is C23H24ClN7O5S4. The maximum Gasteiger partial charge on any atom is 0.353 e. The van der Waals surface area contributed by atoms with E-state index in [2.05, 4.69) is 25.8 Å². The third-order valence-corrected chi connectivity index (χ3v) is 11.7. The van der Waals surface area contributed by atoms with Crippen LogP contribution in [0, 0.1) is 4.91 Å². The number of anilines is 1. The molecule has 2 fully saturated rings. The summed E-state index contributed by atoms with van der Waals surface area (Å²) in [5.41, 5.74) is 6.41. The van der Waals surface area contributed by atoms with Gasteiger partial charge in [-0.1, -0.05) is 34.7 Å². The fourth-order valence-corrected chi connectivity index (χ4v) is 9.39. The lowest BCUT2D eigenvalue weighted by atomic mass is 10.0. The predicted molar refractivity (Wildman–Crippen MR) is 157 cm³/mol. The number of fused-ring (bicyclic) bond motifs is 1. The van der Waals surface area contributed by atoms with E-state index < -0.39 is 35.2 Å². The number of nitrogens with one attached hydrogen (secondary N) is 2. The number of nitrogens with two attached hydrogens (primary N) is 1. The number of hydrogen-bond acceptors (Lipinski definition) is 13. The summed E-state index contributed by atoms with van der Waals surface area (Å²) in [7, 11) is 0. The van der Waals surface area contributed by atoms with Crippen molar-refractivity contribution in [3.05, 3.63) is 49.6 Å². The third-order valence-electron chi connectivity index (χ3n) is 6.53. The van der Waals surface area contributed by atoms with E-state index in [0.717, 1.165) is 53.5 Å². The monoisotopic (exact) mass is 641 g/mol. The molecule has 5 N–H and O–H groups in total. The summed E-state index contributed by atoms with van der Waals surface area (Å²) < 4.78 is 0.0493. The molecule has 2 saturated heterocycles. The molecule has 40 heavy (non-hydrogen) atoms. The normalized spacial score (nSPS) is 21.9. The number of piperidine rings is 1. The highest BCUT2D eigenvalue weighted by molar-refractivity contribution is 8.06. The van der Waals surface area contributed by atoms with Crippen molar-refractivity contribution in [3.8, 4) is 0 Å². The van der Waals surface area contributed by atoms with Gasteiger partial charge in [-0.15, -0.1) is 16.7 Å². The summed E-state index contributed by atoms with van der Waals surface area (Å²) in [6.45, 7) is 2.01. The van der Waals surface area contributed by atoms with Gasteiger partial charge < -0.3 is 21.5 Å². The number of β-lactam (4-membered cyclic amide) rings is 1. The van der Waals surface area contributed by atoms with Crippen molar-refractivity contribution < 1.29 is 19.5 Å². The van der Waals surface area contributed by atoms with Gasteiger partial charge in [0.2, 0.25) is 6.04 Å². The number of rotatable bonds is 10. The van der Waals surface area contributed by atoms with E-state index in [0.29, 0.717) is 15.9 Å². The van der Waals surface area contributed by atoms with Crippen LogP contribution in [0.3, 0.4) is 0 Å². The van der Waals surface area contributed by atoms with Crippen LogP contribution in [0.1, 0.15) is 30.1 Å². The average molecular weight is 642 g/mol. The van der Waals surface area contributed by atoms with E-state index in [-0.39, 0.29) is 20.9 Å². The first-order valence-electron chi connectivity index (χ1n) is 12.2. The van der Waals surface area contributed by atoms with E-state index in [9.17, 15) is 24.4 Å². The number of nitrogens with zero attached hydrogens (tertiary/aromatic N) is 4. The molecule has 0 spiro atoms. The molecule has 212 valence electrons. The highest BCUT2D eigenvalue weighted by Gasteiger charge is 2.55. The van der Waals surface area contributed by atoms with Crippen LogP contribution in [0.4, 0.5) is 5.13 Å². The highest BCUT2D eigenvalue weighted by Crippen LogP contribution is 2.46. The smallest absolute Gasteiger partial charge is 0.353 e. The summed E-state index contributed by atoms with van der Waals surface area (Å²) >= 11 is 11.5. The summed E-state index contributed by atoms with van der Waals surface area (Å²) in [6, 6.07) is -0.768. The largest absolute Gasteiger partial charge is 0.477 e. The number of pyridine rings is 1. The van der Waals surface area contributed by atoms with Gasteiger partial charge in [0.05, 0.1) is 0 Å². The second-order valence-electron chi connectivity index (χ2n) is 9.04. The van der Waals surface area contributed by atoms with Crippen LogP contribution >= 0.6 is 58.2 Å². The molecule has 2 amide bonds. The van der Waals surface area contributed by atoms with Gasteiger partial charge in [0.1, 0.15) is 27.1 Å². The molecule has 0 saturated carbocycles. The van der Waals surface area contributed by atoms with Crippen LogP contribution < -0.4 is 16.4 Å². The number of aliphatic carboxylic acids is 1. The number of aromatic nitrogens is 2. The summed E-state index contributed by atoms with van der Waals surface area (Å²) in [6.07, 6.45) is 5.67. The summed E-state index contributed by atoms with van der Waals surface area (Å²) in [5, 5.41) is 18.7. The first-order chi connectivity index (χ1) is 19.3. The average Bonchev–Trinajstić information content (AvgIpc) is 3.28. The van der Waals surface area contributed by atoms with E-state index in [1.54, 1.807) is 12.4 Å². The molecule has 5 heterocycles. The molecule has 2 aromatic rings. The molecule has 0 bridgehead atoms. The SMILES string of the molecule is Nc1nc(C(N=O)C(=O)N[C@@H]2C(=O)N3C(C(=O)O)=C(Sc4ccncc4CSC4CCNCC4)CS[C@@H]23)c(Cl)s1. The second kappa shape index (κ2) is 12.7. The number of nitrogen functional groups attached to an aromatic ring is 1. The van der Waals surface area contributed by atoms with Gasteiger partial charge in [-0.05, 0) is 42.7 Å². The minimum atomic E-state index is -1.59. The minimum Gasteiger partial charge on any atom is -0.477 e. The van der Waals surface area contributed by atoms with Crippen molar-refractivity contribution in [1.29, 1.82) is 0 Å². The second-order valence-corrected chi connectivity index (χ2v) is 14.2. The van der Waals surface area contributed by atoms with Gasteiger partial charge in [-0.25, -0.2) is 9.78 Å². The van der Waals surface area contributed by atoms with Gasteiger partial charge >= 0.3 is 5.97 Å². The molecule has 3 atom stereocenters. The molecule has 0 aliphatic carbocycles.